The molecule has 0 heterocycles. The minimum atomic E-state index is -1.00. The number of nitrogens with one attached hydrogen (secondary N) is 1. The molecule has 0 aromatic rings. The minimum absolute atomic E-state index is 0.232. The van der Waals surface area contributed by atoms with Crippen LogP contribution in [0.1, 0.15) is 6.42 Å². The van der Waals surface area contributed by atoms with Crippen LogP contribution in [-0.2, 0) is 4.79 Å². The summed E-state index contributed by atoms with van der Waals surface area (Å²) >= 11 is 3.74. The molecule has 0 spiro atoms. The molecule has 0 saturated heterocycles. The molecule has 0 saturated carbocycles. The van der Waals surface area contributed by atoms with Gasteiger partial charge in [-0.25, -0.2) is 4.79 Å². The lowest BCUT2D eigenvalue weighted by molar-refractivity contribution is -0.136. The van der Waals surface area contributed by atoms with Gasteiger partial charge in [0, 0.05) is 6.54 Å². The highest BCUT2D eigenvalue weighted by molar-refractivity contribution is 7.81. The summed E-state index contributed by atoms with van der Waals surface area (Å²) in [4.78, 5) is 20.2. The Morgan fingerprint density at radius 1 is 1.64 bits per heavy atom. The highest BCUT2D eigenvalue weighted by atomic mass is 32.1. The van der Waals surface area contributed by atoms with E-state index in [1.807, 2.05) is 0 Å². The van der Waals surface area contributed by atoms with Crippen molar-refractivity contribution < 1.29 is 14.7 Å². The number of hydrogen-bond donors (Lipinski definition) is 4. The highest BCUT2D eigenvalue weighted by Crippen LogP contribution is 1.98. The lowest BCUT2D eigenvalue weighted by Gasteiger charge is -2.04. The Morgan fingerprint density at radius 2 is 2.18 bits per heavy atom. The zero-order valence-electron chi connectivity index (χ0n) is 5.78. The Labute approximate surface area is 69.4 Å². The summed E-state index contributed by atoms with van der Waals surface area (Å²) in [7, 11) is 0. The van der Waals surface area contributed by atoms with Crippen molar-refractivity contribution in [3.63, 3.8) is 0 Å². The number of carbonyl (C=O) groups is 2. The van der Waals surface area contributed by atoms with Gasteiger partial charge in [0.2, 0.25) is 0 Å². The summed E-state index contributed by atoms with van der Waals surface area (Å²) in [5, 5.41) is 9.84. The Morgan fingerprint density at radius 3 is 2.55 bits per heavy atom. The van der Waals surface area contributed by atoms with Gasteiger partial charge >= 0.3 is 12.0 Å². The molecule has 64 valence electrons. The Bertz CT molecular complexity index is 162. The van der Waals surface area contributed by atoms with E-state index < -0.39 is 17.3 Å². The fourth-order valence-corrected chi connectivity index (χ4v) is 0.585. The Balaban J connectivity index is 3.39. The van der Waals surface area contributed by atoms with Gasteiger partial charge in [0.15, 0.2) is 0 Å². The lowest BCUT2D eigenvalue weighted by atomic mass is 10.3. The van der Waals surface area contributed by atoms with E-state index in [1.54, 1.807) is 0 Å². The van der Waals surface area contributed by atoms with Crippen molar-refractivity contribution in [1.29, 1.82) is 0 Å². The quantitative estimate of drug-likeness (QED) is 0.434. The van der Waals surface area contributed by atoms with Gasteiger partial charge in [0.25, 0.3) is 0 Å². The summed E-state index contributed by atoms with van der Waals surface area (Å²) in [5.74, 6) is -1.00. The molecular formula is C5H10N2O3S. The van der Waals surface area contributed by atoms with Crippen LogP contribution in [0.2, 0.25) is 0 Å². The molecule has 0 aromatic heterocycles. The van der Waals surface area contributed by atoms with Crippen molar-refractivity contribution in [1.82, 2.24) is 5.32 Å². The van der Waals surface area contributed by atoms with E-state index in [9.17, 15) is 9.59 Å². The maximum atomic E-state index is 10.2. The van der Waals surface area contributed by atoms with Crippen LogP contribution in [0, 0.1) is 0 Å². The molecule has 0 aliphatic rings. The van der Waals surface area contributed by atoms with Crippen LogP contribution in [0.4, 0.5) is 4.79 Å². The minimum Gasteiger partial charge on any atom is -0.480 e. The van der Waals surface area contributed by atoms with Gasteiger partial charge in [0.05, 0.1) is 0 Å². The summed E-state index contributed by atoms with van der Waals surface area (Å²) in [5.41, 5.74) is 4.73. The average Bonchev–Trinajstić information content (AvgIpc) is 1.86. The van der Waals surface area contributed by atoms with E-state index in [0.717, 1.165) is 0 Å². The first-order valence-electron chi connectivity index (χ1n) is 2.98. The first kappa shape index (κ1) is 10.1. The fourth-order valence-electron chi connectivity index (χ4n) is 0.456. The maximum absolute atomic E-state index is 10.2. The van der Waals surface area contributed by atoms with Crippen molar-refractivity contribution in [2.75, 3.05) is 6.54 Å². The highest BCUT2D eigenvalue weighted by Gasteiger charge is 2.10. The third-order valence-corrected chi connectivity index (χ3v) is 1.48. The molecule has 0 aliphatic heterocycles. The third kappa shape index (κ3) is 5.53. The van der Waals surface area contributed by atoms with Crippen LogP contribution < -0.4 is 11.1 Å². The molecule has 4 N–H and O–H groups in total. The number of primary amides is 1. The molecule has 1 atom stereocenters. The molecule has 0 fully saturated rings. The summed E-state index contributed by atoms with van der Waals surface area (Å²) in [6, 6.07) is -0.657. The maximum Gasteiger partial charge on any atom is 0.316 e. The number of thiol groups is 1. The van der Waals surface area contributed by atoms with Gasteiger partial charge in [-0.3, -0.25) is 4.79 Å². The SMILES string of the molecule is NC(=O)NCC[C@H](S)C(=O)O. The Hall–Kier alpha value is -0.910. The van der Waals surface area contributed by atoms with Crippen LogP contribution in [-0.4, -0.2) is 28.9 Å². The lowest BCUT2D eigenvalue weighted by Crippen LogP contribution is -2.32. The third-order valence-electron chi connectivity index (χ3n) is 1.00. The summed E-state index contributed by atoms with van der Waals surface area (Å²) in [6.07, 6.45) is 0.265. The van der Waals surface area contributed by atoms with E-state index in [-0.39, 0.29) is 13.0 Å². The second kappa shape index (κ2) is 4.84. The number of rotatable bonds is 4. The van der Waals surface area contributed by atoms with Crippen molar-refractivity contribution in [2.45, 2.75) is 11.7 Å². The van der Waals surface area contributed by atoms with E-state index >= 15 is 0 Å². The number of nitrogens with two attached hydrogens (primary N) is 1. The number of carboxylic acid groups (broad SMARTS) is 1. The van der Waals surface area contributed by atoms with Crippen molar-refractivity contribution in [2.24, 2.45) is 5.73 Å². The number of urea groups is 1. The molecule has 0 radical (unpaired) electrons. The second-order valence-corrected chi connectivity index (χ2v) is 2.56. The fraction of sp³-hybridized carbons (Fsp3) is 0.600. The largest absolute Gasteiger partial charge is 0.480 e. The average molecular weight is 178 g/mol. The number of hydrogen-bond acceptors (Lipinski definition) is 3. The molecule has 2 amide bonds. The normalized spacial score (nSPS) is 12.1. The van der Waals surface area contributed by atoms with Crippen LogP contribution in [0.25, 0.3) is 0 Å². The Kier molecular flexibility index (Phi) is 4.44. The van der Waals surface area contributed by atoms with E-state index in [0.29, 0.717) is 0 Å². The smallest absolute Gasteiger partial charge is 0.316 e. The van der Waals surface area contributed by atoms with E-state index in [4.69, 9.17) is 10.8 Å². The number of carbonyl (C=O) groups excluding carboxylic acids is 1. The zero-order chi connectivity index (χ0) is 8.85. The van der Waals surface area contributed by atoms with Gasteiger partial charge in [-0.05, 0) is 6.42 Å². The van der Waals surface area contributed by atoms with Gasteiger partial charge < -0.3 is 16.2 Å². The van der Waals surface area contributed by atoms with Crippen LogP contribution in [0.15, 0.2) is 0 Å². The summed E-state index contributed by atoms with van der Waals surface area (Å²) < 4.78 is 0. The summed E-state index contributed by atoms with van der Waals surface area (Å²) in [6.45, 7) is 0.232. The molecule has 11 heavy (non-hydrogen) atoms. The van der Waals surface area contributed by atoms with Gasteiger partial charge in [0.1, 0.15) is 5.25 Å². The standard InChI is InChI=1S/C5H10N2O3S/c6-5(10)7-2-1-3(11)4(8)9/h3,11H,1-2H2,(H,8,9)(H3,6,7,10)/t3-/m0/s1. The van der Waals surface area contributed by atoms with Gasteiger partial charge in [-0.15, -0.1) is 0 Å². The number of amides is 2. The monoisotopic (exact) mass is 178 g/mol. The molecule has 0 aliphatic carbocycles. The molecule has 0 bridgehead atoms. The molecule has 0 aromatic carbocycles. The predicted octanol–water partition coefficient (Wildman–Crippen LogP) is -0.572. The first-order valence-corrected chi connectivity index (χ1v) is 3.50. The van der Waals surface area contributed by atoms with Crippen molar-refractivity contribution >= 4 is 24.6 Å². The van der Waals surface area contributed by atoms with Crippen molar-refractivity contribution in [3.05, 3.63) is 0 Å². The van der Waals surface area contributed by atoms with E-state index in [1.165, 1.54) is 0 Å². The van der Waals surface area contributed by atoms with Crippen LogP contribution >= 0.6 is 12.6 Å². The molecule has 5 nitrogen and oxygen atoms in total. The van der Waals surface area contributed by atoms with Crippen molar-refractivity contribution in [3.8, 4) is 0 Å². The second-order valence-electron chi connectivity index (χ2n) is 1.93. The van der Waals surface area contributed by atoms with Gasteiger partial charge in [-0.2, -0.15) is 12.6 Å². The topological polar surface area (TPSA) is 92.4 Å². The number of aliphatic carboxylic acids is 1. The first-order chi connectivity index (χ1) is 5.04. The zero-order valence-corrected chi connectivity index (χ0v) is 6.67. The molecule has 0 rings (SSSR count). The molecule has 0 unspecified atom stereocenters. The number of carboxylic acids is 1. The van der Waals surface area contributed by atoms with Crippen LogP contribution in [0.3, 0.4) is 0 Å². The molecular weight excluding hydrogens is 168 g/mol. The predicted molar refractivity (Wildman–Crippen MR) is 42.6 cm³/mol. The van der Waals surface area contributed by atoms with Gasteiger partial charge in [-0.1, -0.05) is 0 Å². The van der Waals surface area contributed by atoms with Crippen LogP contribution in [0.5, 0.6) is 0 Å². The van der Waals surface area contributed by atoms with E-state index in [2.05, 4.69) is 17.9 Å². The molecule has 6 heteroatoms.